The van der Waals surface area contributed by atoms with Crippen molar-refractivity contribution in [2.75, 3.05) is 11.9 Å². The standard InChI is InChI=1S/C16H14ClF2IN2O3S/c17-11-7-10(20)3-5-13(11)21-16-14(6-4-12(18)15(16)19)26(23,24)22-25-8-9-1-2-9/h3-7,9,21-22H,1-2,8H2. The average molecular weight is 515 g/mol. The van der Waals surface area contributed by atoms with E-state index in [0.717, 1.165) is 28.5 Å². The fraction of sp³-hybridized carbons (Fsp3) is 0.250. The Morgan fingerprint density at radius 1 is 1.23 bits per heavy atom. The molecular weight excluding hydrogens is 501 g/mol. The summed E-state index contributed by atoms with van der Waals surface area (Å²) in [7, 11) is -4.23. The van der Waals surface area contributed by atoms with Gasteiger partial charge >= 0.3 is 0 Å². The number of benzene rings is 2. The molecule has 1 fully saturated rings. The van der Waals surface area contributed by atoms with Crippen LogP contribution in [-0.2, 0) is 14.9 Å². The molecule has 0 aromatic heterocycles. The molecule has 0 radical (unpaired) electrons. The second-order valence-corrected chi connectivity index (χ2v) is 9.09. The molecule has 0 aliphatic heterocycles. The van der Waals surface area contributed by atoms with E-state index in [4.69, 9.17) is 16.4 Å². The lowest BCUT2D eigenvalue weighted by Crippen LogP contribution is -2.26. The van der Waals surface area contributed by atoms with Crippen molar-refractivity contribution < 1.29 is 22.0 Å². The molecule has 2 N–H and O–H groups in total. The maximum atomic E-state index is 14.3. The Bertz CT molecular complexity index is 939. The molecule has 10 heteroatoms. The van der Waals surface area contributed by atoms with Crippen molar-refractivity contribution in [1.82, 2.24) is 4.89 Å². The highest BCUT2D eigenvalue weighted by atomic mass is 127. The molecule has 3 rings (SSSR count). The van der Waals surface area contributed by atoms with Crippen LogP contribution in [0.3, 0.4) is 0 Å². The number of hydrogen-bond donors (Lipinski definition) is 2. The summed E-state index contributed by atoms with van der Waals surface area (Å²) in [5.41, 5.74) is -0.303. The average Bonchev–Trinajstić information content (AvgIpc) is 3.38. The molecule has 2 aromatic carbocycles. The molecule has 5 nitrogen and oxygen atoms in total. The summed E-state index contributed by atoms with van der Waals surface area (Å²) < 4.78 is 53.8. The van der Waals surface area contributed by atoms with Gasteiger partial charge in [-0.05, 0) is 71.7 Å². The second-order valence-electron chi connectivity index (χ2n) is 5.82. The zero-order valence-corrected chi connectivity index (χ0v) is 17.0. The Balaban J connectivity index is 1.93. The normalized spacial score (nSPS) is 14.5. The van der Waals surface area contributed by atoms with Crippen LogP contribution in [0, 0.1) is 21.1 Å². The first-order chi connectivity index (χ1) is 12.3. The van der Waals surface area contributed by atoms with Crippen molar-refractivity contribution in [1.29, 1.82) is 0 Å². The first-order valence-corrected chi connectivity index (χ1v) is 10.6. The summed E-state index contributed by atoms with van der Waals surface area (Å²) >= 11 is 8.13. The number of hydrogen-bond acceptors (Lipinski definition) is 4. The molecule has 1 aliphatic carbocycles. The van der Waals surface area contributed by atoms with Crippen LogP contribution < -0.4 is 10.2 Å². The lowest BCUT2D eigenvalue weighted by molar-refractivity contribution is 0.0844. The predicted octanol–water partition coefficient (Wildman–Crippen LogP) is 4.59. The first kappa shape index (κ1) is 19.7. The number of anilines is 2. The van der Waals surface area contributed by atoms with E-state index in [-0.39, 0.29) is 17.3 Å². The van der Waals surface area contributed by atoms with Gasteiger partial charge in [0.05, 0.1) is 23.0 Å². The van der Waals surface area contributed by atoms with Gasteiger partial charge in [-0.3, -0.25) is 4.84 Å². The minimum absolute atomic E-state index is 0.231. The van der Waals surface area contributed by atoms with Gasteiger partial charge in [0.1, 0.15) is 4.90 Å². The van der Waals surface area contributed by atoms with Gasteiger partial charge in [0, 0.05) is 3.57 Å². The first-order valence-electron chi connectivity index (χ1n) is 7.61. The summed E-state index contributed by atoms with van der Waals surface area (Å²) in [4.78, 5) is 6.45. The Labute approximate surface area is 168 Å². The summed E-state index contributed by atoms with van der Waals surface area (Å²) in [6.45, 7) is 0.231. The Morgan fingerprint density at radius 2 is 1.96 bits per heavy atom. The highest BCUT2D eigenvalue weighted by Crippen LogP contribution is 2.33. The van der Waals surface area contributed by atoms with E-state index in [2.05, 4.69) is 5.32 Å². The van der Waals surface area contributed by atoms with Crippen molar-refractivity contribution in [2.45, 2.75) is 17.7 Å². The highest BCUT2D eigenvalue weighted by Gasteiger charge is 2.27. The van der Waals surface area contributed by atoms with Crippen LogP contribution >= 0.6 is 34.2 Å². The molecule has 0 atom stereocenters. The Hall–Kier alpha value is -1.01. The van der Waals surface area contributed by atoms with Crippen molar-refractivity contribution in [3.05, 3.63) is 50.6 Å². The van der Waals surface area contributed by atoms with E-state index in [0.29, 0.717) is 5.92 Å². The highest BCUT2D eigenvalue weighted by molar-refractivity contribution is 14.1. The van der Waals surface area contributed by atoms with Gasteiger partial charge in [-0.2, -0.15) is 0 Å². The third-order valence-electron chi connectivity index (χ3n) is 3.72. The number of sulfonamides is 1. The van der Waals surface area contributed by atoms with Gasteiger partial charge in [-0.1, -0.05) is 16.5 Å². The lowest BCUT2D eigenvalue weighted by atomic mass is 10.2. The maximum Gasteiger partial charge on any atom is 0.264 e. The molecule has 140 valence electrons. The van der Waals surface area contributed by atoms with Gasteiger partial charge < -0.3 is 5.32 Å². The van der Waals surface area contributed by atoms with Crippen LogP contribution in [0.15, 0.2) is 35.2 Å². The molecule has 0 unspecified atom stereocenters. The smallest absolute Gasteiger partial charge is 0.264 e. The third-order valence-corrected chi connectivity index (χ3v) is 5.96. The summed E-state index contributed by atoms with van der Waals surface area (Å²) in [6, 6.07) is 6.54. The van der Waals surface area contributed by atoms with E-state index < -0.39 is 32.2 Å². The molecule has 1 saturated carbocycles. The number of nitrogens with one attached hydrogen (secondary N) is 2. The van der Waals surface area contributed by atoms with Crippen molar-refractivity contribution in [3.63, 3.8) is 0 Å². The fourth-order valence-electron chi connectivity index (χ4n) is 2.16. The summed E-state index contributed by atoms with van der Waals surface area (Å²) in [6.07, 6.45) is 1.95. The van der Waals surface area contributed by atoms with Crippen molar-refractivity contribution in [2.24, 2.45) is 5.92 Å². The summed E-state index contributed by atoms with van der Waals surface area (Å²) in [5.74, 6) is -2.19. The molecule has 0 heterocycles. The van der Waals surface area contributed by atoms with Gasteiger partial charge in [-0.25, -0.2) is 17.2 Å². The fourth-order valence-corrected chi connectivity index (χ4v) is 4.03. The minimum atomic E-state index is -4.23. The van der Waals surface area contributed by atoms with Crippen LogP contribution in [0.5, 0.6) is 0 Å². The monoisotopic (exact) mass is 514 g/mol. The molecular formula is C16H14ClF2IN2O3S. The van der Waals surface area contributed by atoms with E-state index in [1.54, 1.807) is 18.2 Å². The van der Waals surface area contributed by atoms with Gasteiger partial charge in [0.2, 0.25) is 0 Å². The molecule has 0 spiro atoms. The van der Waals surface area contributed by atoms with Crippen LogP contribution in [0.1, 0.15) is 12.8 Å². The molecule has 0 saturated heterocycles. The van der Waals surface area contributed by atoms with Crippen LogP contribution in [0.4, 0.5) is 20.2 Å². The Kier molecular flexibility index (Phi) is 6.02. The van der Waals surface area contributed by atoms with E-state index in [1.807, 2.05) is 27.5 Å². The quantitative estimate of drug-likeness (QED) is 0.419. The molecule has 26 heavy (non-hydrogen) atoms. The predicted molar refractivity (Wildman–Crippen MR) is 103 cm³/mol. The van der Waals surface area contributed by atoms with Crippen molar-refractivity contribution >= 4 is 55.6 Å². The van der Waals surface area contributed by atoms with Crippen LogP contribution in [0.25, 0.3) is 0 Å². The van der Waals surface area contributed by atoms with E-state index in [9.17, 15) is 17.2 Å². The Morgan fingerprint density at radius 3 is 2.62 bits per heavy atom. The zero-order chi connectivity index (χ0) is 18.9. The molecule has 2 aromatic rings. The SMILES string of the molecule is O=S(=O)(NOCC1CC1)c1ccc(F)c(F)c1Nc1ccc(I)cc1Cl. The number of rotatable bonds is 7. The van der Waals surface area contributed by atoms with Crippen LogP contribution in [-0.4, -0.2) is 15.0 Å². The van der Waals surface area contributed by atoms with Gasteiger partial charge in [0.15, 0.2) is 11.6 Å². The van der Waals surface area contributed by atoms with Gasteiger partial charge in [-0.15, -0.1) is 0 Å². The van der Waals surface area contributed by atoms with Gasteiger partial charge in [0.25, 0.3) is 10.0 Å². The zero-order valence-electron chi connectivity index (χ0n) is 13.2. The summed E-state index contributed by atoms with van der Waals surface area (Å²) in [5, 5.41) is 2.81. The van der Waals surface area contributed by atoms with E-state index in [1.165, 1.54) is 0 Å². The minimum Gasteiger partial charge on any atom is -0.351 e. The van der Waals surface area contributed by atoms with E-state index >= 15 is 0 Å². The topological polar surface area (TPSA) is 67.4 Å². The van der Waals surface area contributed by atoms with Crippen LogP contribution in [0.2, 0.25) is 5.02 Å². The van der Waals surface area contributed by atoms with Crippen molar-refractivity contribution in [3.8, 4) is 0 Å². The number of halogens is 4. The largest absolute Gasteiger partial charge is 0.351 e. The maximum absolute atomic E-state index is 14.3. The second kappa shape index (κ2) is 7.93. The third kappa shape index (κ3) is 4.63. The molecule has 1 aliphatic rings. The molecule has 0 amide bonds. The lowest BCUT2D eigenvalue weighted by Gasteiger charge is -2.15. The molecule has 0 bridgehead atoms.